The van der Waals surface area contributed by atoms with Crippen LogP contribution in [0.5, 0.6) is 5.75 Å². The SMILES string of the molecule is [2H]C([2H])([2H])NC(=O)c1nnc(NC(=O)C2CC2)cc1Nc1cccc(-c2cnc(N3CCN(C)CC3)cn2)c1OC. The number of hydrogen-bond acceptors (Lipinski definition) is 10. The van der Waals surface area contributed by atoms with Gasteiger partial charge in [0, 0.05) is 54.8 Å². The predicted molar refractivity (Wildman–Crippen MR) is 144 cm³/mol. The summed E-state index contributed by atoms with van der Waals surface area (Å²) >= 11 is 0. The fraction of sp³-hybridized carbons (Fsp3) is 0.385. The van der Waals surface area contributed by atoms with Crippen LogP contribution < -0.4 is 25.6 Å². The summed E-state index contributed by atoms with van der Waals surface area (Å²) in [6, 6.07) is 6.77. The van der Waals surface area contributed by atoms with Gasteiger partial charge in [0.25, 0.3) is 5.91 Å². The Kier molecular flexibility index (Phi) is 6.27. The molecule has 3 heterocycles. The first-order valence-electron chi connectivity index (χ1n) is 13.8. The van der Waals surface area contributed by atoms with Gasteiger partial charge >= 0.3 is 0 Å². The number of benzene rings is 1. The van der Waals surface area contributed by atoms with Crippen LogP contribution in [0.1, 0.15) is 27.4 Å². The summed E-state index contributed by atoms with van der Waals surface area (Å²) in [5.74, 6) is 0.103. The molecule has 0 bridgehead atoms. The molecule has 3 aromatic rings. The molecular formula is C26H31N9O3. The molecule has 2 aromatic heterocycles. The Balaban J connectivity index is 1.44. The zero-order chi connectivity index (χ0) is 29.1. The van der Waals surface area contributed by atoms with Gasteiger partial charge in [0.2, 0.25) is 5.91 Å². The summed E-state index contributed by atoms with van der Waals surface area (Å²) in [7, 11) is 3.60. The van der Waals surface area contributed by atoms with Gasteiger partial charge in [-0.1, -0.05) is 6.07 Å². The van der Waals surface area contributed by atoms with Gasteiger partial charge in [-0.25, -0.2) is 4.98 Å². The second-order valence-corrected chi connectivity index (χ2v) is 9.27. The minimum atomic E-state index is -2.73. The number of piperazine rings is 1. The third-order valence-electron chi connectivity index (χ3n) is 6.55. The molecule has 3 N–H and O–H groups in total. The molecule has 198 valence electrons. The van der Waals surface area contributed by atoms with E-state index in [1.807, 2.05) is 11.4 Å². The zero-order valence-corrected chi connectivity index (χ0v) is 21.2. The fourth-order valence-corrected chi connectivity index (χ4v) is 4.21. The maximum absolute atomic E-state index is 12.8. The third-order valence-corrected chi connectivity index (χ3v) is 6.55. The van der Waals surface area contributed by atoms with Crippen LogP contribution in [0.3, 0.4) is 0 Å². The van der Waals surface area contributed by atoms with Gasteiger partial charge in [-0.05, 0) is 32.0 Å². The summed E-state index contributed by atoms with van der Waals surface area (Å²) in [5, 5.41) is 15.6. The van der Waals surface area contributed by atoms with Crippen molar-refractivity contribution >= 4 is 34.8 Å². The fourth-order valence-electron chi connectivity index (χ4n) is 4.21. The average Bonchev–Trinajstić information content (AvgIpc) is 3.79. The van der Waals surface area contributed by atoms with Crippen LogP contribution in [0.4, 0.5) is 23.0 Å². The van der Waals surface area contributed by atoms with Crippen molar-refractivity contribution < 1.29 is 18.4 Å². The number of carbonyl (C=O) groups excluding carboxylic acids is 2. The van der Waals surface area contributed by atoms with Crippen LogP contribution >= 0.6 is 0 Å². The van der Waals surface area contributed by atoms with E-state index in [1.54, 1.807) is 24.5 Å². The maximum Gasteiger partial charge on any atom is 0.273 e. The van der Waals surface area contributed by atoms with Crippen molar-refractivity contribution in [1.82, 2.24) is 30.4 Å². The highest BCUT2D eigenvalue weighted by Crippen LogP contribution is 2.38. The summed E-state index contributed by atoms with van der Waals surface area (Å²) < 4.78 is 28.0. The Hall–Kier alpha value is -4.32. The van der Waals surface area contributed by atoms with Gasteiger partial charge in [0.1, 0.15) is 5.82 Å². The summed E-state index contributed by atoms with van der Waals surface area (Å²) in [4.78, 5) is 38.8. The number of ether oxygens (including phenoxy) is 1. The smallest absolute Gasteiger partial charge is 0.273 e. The van der Waals surface area contributed by atoms with E-state index >= 15 is 0 Å². The van der Waals surface area contributed by atoms with Crippen LogP contribution in [0, 0.1) is 5.92 Å². The first kappa shape index (κ1) is 21.7. The number of methoxy groups -OCH3 is 1. The van der Waals surface area contributed by atoms with E-state index in [2.05, 4.69) is 47.6 Å². The number of para-hydroxylation sites is 1. The molecule has 1 aliphatic carbocycles. The summed E-state index contributed by atoms with van der Waals surface area (Å²) in [5.41, 5.74) is 1.53. The molecule has 5 rings (SSSR count). The van der Waals surface area contributed by atoms with Crippen molar-refractivity contribution in [2.24, 2.45) is 5.92 Å². The van der Waals surface area contributed by atoms with E-state index in [0.29, 0.717) is 22.7 Å². The standard InChI is InChI=1S/C26H31N9O3/c1-27-26(37)23-19(13-21(32-33-23)31-25(36)16-7-8-16)30-18-6-4-5-17(24(18)38-3)20-14-29-22(15-28-20)35-11-9-34(2)10-12-35/h4-6,13-16H,7-12H2,1-3H3,(H,27,37)(H2,30,31,32,36)/i1D3. The number of likely N-dealkylation sites (N-methyl/N-ethyl adjacent to an activating group) is 1. The molecule has 2 aliphatic rings. The van der Waals surface area contributed by atoms with Gasteiger partial charge in [0.15, 0.2) is 17.3 Å². The van der Waals surface area contributed by atoms with Gasteiger partial charge in [0.05, 0.1) is 36.6 Å². The quantitative estimate of drug-likeness (QED) is 0.405. The van der Waals surface area contributed by atoms with E-state index in [-0.39, 0.29) is 29.0 Å². The molecule has 0 radical (unpaired) electrons. The number of amides is 2. The van der Waals surface area contributed by atoms with E-state index in [4.69, 9.17) is 8.85 Å². The minimum absolute atomic E-state index is 0.0766. The molecule has 1 aromatic carbocycles. The highest BCUT2D eigenvalue weighted by molar-refractivity contribution is 6.00. The zero-order valence-electron chi connectivity index (χ0n) is 24.2. The van der Waals surface area contributed by atoms with E-state index in [9.17, 15) is 9.59 Å². The van der Waals surface area contributed by atoms with E-state index < -0.39 is 12.9 Å². The lowest BCUT2D eigenvalue weighted by molar-refractivity contribution is -0.117. The number of nitrogens with one attached hydrogen (secondary N) is 3. The van der Waals surface area contributed by atoms with E-state index in [0.717, 1.165) is 44.8 Å². The van der Waals surface area contributed by atoms with Crippen molar-refractivity contribution in [3.05, 3.63) is 42.4 Å². The lowest BCUT2D eigenvalue weighted by Crippen LogP contribution is -2.44. The van der Waals surface area contributed by atoms with Crippen LogP contribution in [0.25, 0.3) is 11.3 Å². The molecule has 2 fully saturated rings. The molecule has 1 aliphatic heterocycles. The highest BCUT2D eigenvalue weighted by Gasteiger charge is 2.30. The maximum atomic E-state index is 12.8. The second kappa shape index (κ2) is 11.0. The predicted octanol–water partition coefficient (Wildman–Crippen LogP) is 2.15. The minimum Gasteiger partial charge on any atom is -0.494 e. The van der Waals surface area contributed by atoms with Crippen molar-refractivity contribution in [3.63, 3.8) is 0 Å². The number of aromatic nitrogens is 4. The molecular weight excluding hydrogens is 486 g/mol. The lowest BCUT2D eigenvalue weighted by atomic mass is 10.1. The Morgan fingerprint density at radius 2 is 1.89 bits per heavy atom. The first-order valence-corrected chi connectivity index (χ1v) is 12.3. The molecule has 0 atom stereocenters. The van der Waals surface area contributed by atoms with Crippen molar-refractivity contribution in [3.8, 4) is 17.0 Å². The molecule has 38 heavy (non-hydrogen) atoms. The van der Waals surface area contributed by atoms with Gasteiger partial charge in [-0.3, -0.25) is 14.6 Å². The molecule has 0 unspecified atom stereocenters. The largest absolute Gasteiger partial charge is 0.494 e. The topological polar surface area (TPSA) is 137 Å². The first-order chi connectivity index (χ1) is 19.6. The summed E-state index contributed by atoms with van der Waals surface area (Å²) in [6.07, 6.45) is 5.02. The van der Waals surface area contributed by atoms with Crippen molar-refractivity contribution in [1.29, 1.82) is 0 Å². The Morgan fingerprint density at radius 1 is 1.08 bits per heavy atom. The number of hydrogen-bond donors (Lipinski definition) is 3. The summed E-state index contributed by atoms with van der Waals surface area (Å²) in [6.45, 7) is 0.907. The number of rotatable bonds is 8. The van der Waals surface area contributed by atoms with E-state index in [1.165, 1.54) is 13.2 Å². The van der Waals surface area contributed by atoms with Crippen LogP contribution in [-0.4, -0.2) is 84.2 Å². The van der Waals surface area contributed by atoms with Crippen LogP contribution in [0.2, 0.25) is 0 Å². The molecule has 1 saturated carbocycles. The molecule has 1 saturated heterocycles. The molecule has 12 nitrogen and oxygen atoms in total. The Bertz CT molecular complexity index is 1420. The second-order valence-electron chi connectivity index (χ2n) is 9.27. The number of anilines is 4. The third kappa shape index (κ3) is 5.49. The number of nitrogens with zero attached hydrogens (tertiary/aromatic N) is 6. The van der Waals surface area contributed by atoms with Gasteiger partial charge in [-0.2, -0.15) is 0 Å². The van der Waals surface area contributed by atoms with Crippen molar-refractivity contribution in [2.45, 2.75) is 12.8 Å². The molecule has 2 amide bonds. The molecule has 12 heteroatoms. The Labute approximate surface area is 225 Å². The highest BCUT2D eigenvalue weighted by atomic mass is 16.5. The Morgan fingerprint density at radius 3 is 2.58 bits per heavy atom. The number of carbonyl (C=O) groups is 2. The monoisotopic (exact) mass is 520 g/mol. The normalized spacial score (nSPS) is 17.1. The average molecular weight is 521 g/mol. The lowest BCUT2D eigenvalue weighted by Gasteiger charge is -2.32. The van der Waals surface area contributed by atoms with Gasteiger partial charge in [-0.15, -0.1) is 10.2 Å². The molecule has 0 spiro atoms. The van der Waals surface area contributed by atoms with Crippen LogP contribution in [0.15, 0.2) is 36.7 Å². The van der Waals surface area contributed by atoms with Gasteiger partial charge < -0.3 is 30.5 Å². The van der Waals surface area contributed by atoms with Crippen LogP contribution in [-0.2, 0) is 4.79 Å². The van der Waals surface area contributed by atoms with Crippen molar-refractivity contribution in [2.75, 3.05) is 62.8 Å².